The van der Waals surface area contributed by atoms with Crippen LogP contribution in [0.25, 0.3) is 0 Å². The molecule has 2 rings (SSSR count). The molecule has 1 aliphatic rings. The molecule has 1 atom stereocenters. The Hall–Kier alpha value is -1.55. The van der Waals surface area contributed by atoms with Gasteiger partial charge in [0.05, 0.1) is 12.4 Å². The Kier molecular flexibility index (Phi) is 3.98. The van der Waals surface area contributed by atoms with E-state index in [-0.39, 0.29) is 12.1 Å². The average molecular weight is 236 g/mol. The zero-order valence-electron chi connectivity index (χ0n) is 9.69. The van der Waals surface area contributed by atoms with Gasteiger partial charge in [-0.05, 0) is 25.0 Å². The lowest BCUT2D eigenvalue weighted by molar-refractivity contribution is -0.142. The summed E-state index contributed by atoms with van der Waals surface area (Å²) in [6.45, 7) is 4.77. The summed E-state index contributed by atoms with van der Waals surface area (Å²) in [4.78, 5) is 11.6. The zero-order valence-corrected chi connectivity index (χ0v) is 9.69. The number of rotatable bonds is 5. The Balaban J connectivity index is 1.73. The first-order valence-electron chi connectivity index (χ1n) is 5.74. The molecule has 2 heterocycles. The number of esters is 1. The topological polar surface area (TPSA) is 48.7 Å². The first-order chi connectivity index (χ1) is 8.25. The second-order valence-corrected chi connectivity index (χ2v) is 4.09. The molecule has 1 aromatic rings. The number of carbonyl (C=O) groups excluding carboxylic acids is 1. The minimum absolute atomic E-state index is 0.0513. The first kappa shape index (κ1) is 11.9. The fourth-order valence-corrected chi connectivity index (χ4v) is 1.74. The number of hydrogen-bond acceptors (Lipinski definition) is 4. The fourth-order valence-electron chi connectivity index (χ4n) is 1.74. The molecule has 1 aliphatic heterocycles. The van der Waals surface area contributed by atoms with Gasteiger partial charge >= 0.3 is 5.97 Å². The third-order valence-corrected chi connectivity index (χ3v) is 2.68. The molecule has 1 unspecified atom stereocenters. The molecule has 0 aliphatic carbocycles. The number of furan rings is 1. The highest BCUT2D eigenvalue weighted by molar-refractivity contribution is 5.88. The monoisotopic (exact) mass is 236 g/mol. The highest BCUT2D eigenvalue weighted by atomic mass is 16.6. The summed E-state index contributed by atoms with van der Waals surface area (Å²) < 4.78 is 15.6. The van der Waals surface area contributed by atoms with Crippen molar-refractivity contribution in [3.05, 3.63) is 36.3 Å². The van der Waals surface area contributed by atoms with E-state index in [2.05, 4.69) is 6.58 Å². The summed E-state index contributed by atoms with van der Waals surface area (Å²) in [5.41, 5.74) is 0.401. The maximum Gasteiger partial charge on any atom is 0.333 e. The highest BCUT2D eigenvalue weighted by Gasteiger charge is 2.18. The van der Waals surface area contributed by atoms with Crippen molar-refractivity contribution >= 4 is 5.97 Å². The van der Waals surface area contributed by atoms with Crippen LogP contribution in [-0.2, 0) is 20.7 Å². The van der Waals surface area contributed by atoms with Crippen molar-refractivity contribution in [3.8, 4) is 0 Å². The van der Waals surface area contributed by atoms with Crippen molar-refractivity contribution < 1.29 is 18.7 Å². The largest absolute Gasteiger partial charge is 0.469 e. The third-order valence-electron chi connectivity index (χ3n) is 2.68. The van der Waals surface area contributed by atoms with Crippen molar-refractivity contribution in [3.63, 3.8) is 0 Å². The Morgan fingerprint density at radius 2 is 2.47 bits per heavy atom. The van der Waals surface area contributed by atoms with Gasteiger partial charge in [0.15, 0.2) is 0 Å². The van der Waals surface area contributed by atoms with E-state index >= 15 is 0 Å². The SMILES string of the molecule is C=C(Cc1ccco1)C(=O)OCC1CCCO1. The first-order valence-corrected chi connectivity index (χ1v) is 5.74. The second kappa shape index (κ2) is 5.68. The molecule has 92 valence electrons. The van der Waals surface area contributed by atoms with Crippen molar-refractivity contribution in [2.24, 2.45) is 0 Å². The highest BCUT2D eigenvalue weighted by Crippen LogP contribution is 2.13. The van der Waals surface area contributed by atoms with E-state index in [1.165, 1.54) is 0 Å². The van der Waals surface area contributed by atoms with Gasteiger partial charge in [-0.2, -0.15) is 0 Å². The van der Waals surface area contributed by atoms with Crippen LogP contribution in [0.15, 0.2) is 35.0 Å². The Morgan fingerprint density at radius 3 is 3.12 bits per heavy atom. The van der Waals surface area contributed by atoms with Crippen molar-refractivity contribution in [1.29, 1.82) is 0 Å². The molecule has 4 heteroatoms. The molecular formula is C13H16O4. The molecule has 0 saturated carbocycles. The van der Waals surface area contributed by atoms with Gasteiger partial charge < -0.3 is 13.9 Å². The quantitative estimate of drug-likeness (QED) is 0.580. The molecule has 17 heavy (non-hydrogen) atoms. The average Bonchev–Trinajstić information content (AvgIpc) is 2.98. The summed E-state index contributed by atoms with van der Waals surface area (Å²) in [6.07, 6.45) is 4.00. The van der Waals surface area contributed by atoms with Crippen LogP contribution in [0.5, 0.6) is 0 Å². The summed E-state index contributed by atoms with van der Waals surface area (Å²) in [6, 6.07) is 3.58. The van der Waals surface area contributed by atoms with Gasteiger partial charge in [-0.15, -0.1) is 0 Å². The van der Waals surface area contributed by atoms with E-state index in [9.17, 15) is 4.79 Å². The molecule has 1 saturated heterocycles. The molecule has 0 spiro atoms. The lowest BCUT2D eigenvalue weighted by Gasteiger charge is -2.10. The van der Waals surface area contributed by atoms with Crippen LogP contribution in [0.2, 0.25) is 0 Å². The van der Waals surface area contributed by atoms with Crippen LogP contribution in [0.4, 0.5) is 0 Å². The van der Waals surface area contributed by atoms with Crippen LogP contribution >= 0.6 is 0 Å². The molecule has 0 radical (unpaired) electrons. The fraction of sp³-hybridized carbons (Fsp3) is 0.462. The van der Waals surface area contributed by atoms with Crippen molar-refractivity contribution in [2.45, 2.75) is 25.4 Å². The third kappa shape index (κ3) is 3.46. The van der Waals surface area contributed by atoms with Crippen LogP contribution in [0.1, 0.15) is 18.6 Å². The maximum atomic E-state index is 11.6. The molecule has 0 amide bonds. The Bertz CT molecular complexity index is 374. The number of carbonyl (C=O) groups is 1. The zero-order chi connectivity index (χ0) is 12.1. The summed E-state index contributed by atoms with van der Waals surface area (Å²) in [7, 11) is 0. The lowest BCUT2D eigenvalue weighted by atomic mass is 10.2. The van der Waals surface area contributed by atoms with E-state index < -0.39 is 0 Å². The van der Waals surface area contributed by atoms with Gasteiger partial charge in [0, 0.05) is 18.6 Å². The molecule has 0 N–H and O–H groups in total. The predicted molar refractivity (Wildman–Crippen MR) is 61.5 cm³/mol. The van der Waals surface area contributed by atoms with E-state index in [0.717, 1.165) is 19.4 Å². The Morgan fingerprint density at radius 1 is 1.59 bits per heavy atom. The van der Waals surface area contributed by atoms with Crippen LogP contribution in [0, 0.1) is 0 Å². The van der Waals surface area contributed by atoms with Crippen molar-refractivity contribution in [2.75, 3.05) is 13.2 Å². The summed E-state index contributed by atoms with van der Waals surface area (Å²) in [5.74, 6) is 0.334. The van der Waals surface area contributed by atoms with Gasteiger partial charge in [0.25, 0.3) is 0 Å². The van der Waals surface area contributed by atoms with Crippen LogP contribution in [-0.4, -0.2) is 25.3 Å². The normalized spacial score (nSPS) is 19.2. The van der Waals surface area contributed by atoms with Crippen molar-refractivity contribution in [1.82, 2.24) is 0 Å². The van der Waals surface area contributed by atoms with Gasteiger partial charge in [0.1, 0.15) is 12.4 Å². The molecule has 0 aromatic carbocycles. The molecule has 4 nitrogen and oxygen atoms in total. The van der Waals surface area contributed by atoms with E-state index in [0.29, 0.717) is 24.4 Å². The lowest BCUT2D eigenvalue weighted by Crippen LogP contribution is -2.19. The molecular weight excluding hydrogens is 220 g/mol. The molecule has 1 aromatic heterocycles. The minimum atomic E-state index is -0.378. The van der Waals surface area contributed by atoms with E-state index in [1.807, 2.05) is 0 Å². The summed E-state index contributed by atoms with van der Waals surface area (Å²) in [5, 5.41) is 0. The standard InChI is InChI=1S/C13H16O4/c1-10(8-11-4-2-6-15-11)13(14)17-9-12-5-3-7-16-12/h2,4,6,12H,1,3,5,7-9H2. The smallest absolute Gasteiger partial charge is 0.333 e. The van der Waals surface area contributed by atoms with E-state index in [4.69, 9.17) is 13.9 Å². The summed E-state index contributed by atoms with van der Waals surface area (Å²) >= 11 is 0. The van der Waals surface area contributed by atoms with Crippen LogP contribution < -0.4 is 0 Å². The molecule has 0 bridgehead atoms. The van der Waals surface area contributed by atoms with Gasteiger partial charge in [-0.3, -0.25) is 0 Å². The second-order valence-electron chi connectivity index (χ2n) is 4.09. The minimum Gasteiger partial charge on any atom is -0.469 e. The predicted octanol–water partition coefficient (Wildman–Crippen LogP) is 2.10. The van der Waals surface area contributed by atoms with Gasteiger partial charge in [-0.1, -0.05) is 6.58 Å². The maximum absolute atomic E-state index is 11.6. The molecule has 1 fully saturated rings. The number of hydrogen-bond donors (Lipinski definition) is 0. The van der Waals surface area contributed by atoms with Crippen LogP contribution in [0.3, 0.4) is 0 Å². The van der Waals surface area contributed by atoms with Gasteiger partial charge in [-0.25, -0.2) is 4.79 Å². The Labute approximate surface area is 100 Å². The van der Waals surface area contributed by atoms with Gasteiger partial charge in [0.2, 0.25) is 0 Å². The van der Waals surface area contributed by atoms with E-state index in [1.54, 1.807) is 18.4 Å². The number of ether oxygens (including phenoxy) is 2.